The quantitative estimate of drug-likeness (QED) is 0.885. The Morgan fingerprint density at radius 3 is 3.21 bits per heavy atom. The molecule has 1 N–H and O–H groups in total. The molecule has 3 unspecified atom stereocenters. The molecular weight excluding hydrogens is 242 g/mol. The molecule has 0 amide bonds. The molecule has 2 aromatic heterocycles. The van der Waals surface area contributed by atoms with E-state index in [0.29, 0.717) is 17.6 Å². The summed E-state index contributed by atoms with van der Waals surface area (Å²) in [6, 6.07) is 0.231. The van der Waals surface area contributed by atoms with Crippen molar-refractivity contribution < 1.29 is 4.52 Å². The summed E-state index contributed by atoms with van der Waals surface area (Å²) in [5, 5.41) is 7.59. The number of rotatable bonds is 2. The molecule has 0 spiro atoms. The fourth-order valence-electron chi connectivity index (χ4n) is 3.49. The summed E-state index contributed by atoms with van der Waals surface area (Å²) in [6.45, 7) is 1.08. The zero-order valence-corrected chi connectivity index (χ0v) is 10.9. The van der Waals surface area contributed by atoms with E-state index in [1.807, 2.05) is 17.8 Å². The van der Waals surface area contributed by atoms with E-state index in [-0.39, 0.29) is 6.04 Å². The van der Waals surface area contributed by atoms with Crippen LogP contribution in [0.3, 0.4) is 0 Å². The Bertz CT molecular complexity index is 589. The van der Waals surface area contributed by atoms with Gasteiger partial charge in [-0.05, 0) is 31.2 Å². The van der Waals surface area contributed by atoms with E-state index in [1.54, 1.807) is 6.20 Å². The van der Waals surface area contributed by atoms with Gasteiger partial charge >= 0.3 is 0 Å². The topological polar surface area (TPSA) is 68.8 Å². The third kappa shape index (κ3) is 1.70. The molecule has 100 valence electrons. The summed E-state index contributed by atoms with van der Waals surface area (Å²) in [5.41, 5.74) is 0. The van der Waals surface area contributed by atoms with Crippen LogP contribution in [0.1, 0.15) is 31.2 Å². The van der Waals surface area contributed by atoms with E-state index in [2.05, 4.69) is 20.4 Å². The van der Waals surface area contributed by atoms with E-state index in [1.165, 1.54) is 19.3 Å². The Labute approximate surface area is 111 Å². The third-order valence-electron chi connectivity index (χ3n) is 4.47. The predicted molar refractivity (Wildman–Crippen MR) is 68.1 cm³/mol. The summed E-state index contributed by atoms with van der Waals surface area (Å²) in [6.07, 6.45) is 7.54. The fraction of sp³-hybridized carbons (Fsp3) is 0.615. The average Bonchev–Trinajstić information content (AvgIpc) is 3.10. The zero-order chi connectivity index (χ0) is 12.8. The molecule has 2 aliphatic rings. The number of nitrogens with one attached hydrogen (secondary N) is 1. The summed E-state index contributed by atoms with van der Waals surface area (Å²) < 4.78 is 7.36. The predicted octanol–water partition coefficient (Wildman–Crippen LogP) is 1.53. The lowest BCUT2D eigenvalue weighted by Gasteiger charge is -2.13. The third-order valence-corrected chi connectivity index (χ3v) is 4.47. The van der Waals surface area contributed by atoms with Gasteiger partial charge < -0.3 is 14.4 Å². The minimum atomic E-state index is 0.231. The van der Waals surface area contributed by atoms with Crippen molar-refractivity contribution in [1.82, 2.24) is 25.0 Å². The molecule has 3 heterocycles. The smallest absolute Gasteiger partial charge is 0.244 e. The molecule has 2 aromatic rings. The Kier molecular flexibility index (Phi) is 2.44. The van der Waals surface area contributed by atoms with Gasteiger partial charge in [0.2, 0.25) is 11.7 Å². The summed E-state index contributed by atoms with van der Waals surface area (Å²) in [4.78, 5) is 8.78. The molecule has 2 fully saturated rings. The first-order valence-corrected chi connectivity index (χ1v) is 6.87. The molecule has 1 aliphatic carbocycles. The Morgan fingerprint density at radius 2 is 2.37 bits per heavy atom. The van der Waals surface area contributed by atoms with Gasteiger partial charge in [-0.15, -0.1) is 0 Å². The molecule has 1 saturated heterocycles. The second-order valence-corrected chi connectivity index (χ2v) is 5.56. The first kappa shape index (κ1) is 11.2. The van der Waals surface area contributed by atoms with E-state index in [4.69, 9.17) is 4.52 Å². The van der Waals surface area contributed by atoms with Crippen molar-refractivity contribution in [1.29, 1.82) is 0 Å². The van der Waals surface area contributed by atoms with Crippen LogP contribution in [0.15, 0.2) is 16.9 Å². The minimum Gasteiger partial charge on any atom is -0.337 e. The fourth-order valence-corrected chi connectivity index (χ4v) is 3.49. The number of imidazole rings is 1. The van der Waals surface area contributed by atoms with Crippen molar-refractivity contribution in [2.75, 3.05) is 6.54 Å². The largest absolute Gasteiger partial charge is 0.337 e. The summed E-state index contributed by atoms with van der Waals surface area (Å²) >= 11 is 0. The maximum Gasteiger partial charge on any atom is 0.244 e. The molecule has 1 aliphatic heterocycles. The van der Waals surface area contributed by atoms with Crippen LogP contribution in [0.5, 0.6) is 0 Å². The van der Waals surface area contributed by atoms with Gasteiger partial charge in [0.25, 0.3) is 0 Å². The van der Waals surface area contributed by atoms with Crippen molar-refractivity contribution in [2.45, 2.75) is 25.3 Å². The van der Waals surface area contributed by atoms with Crippen LogP contribution in [0, 0.1) is 11.8 Å². The van der Waals surface area contributed by atoms with E-state index in [0.717, 1.165) is 18.3 Å². The van der Waals surface area contributed by atoms with Gasteiger partial charge in [-0.2, -0.15) is 4.98 Å². The highest BCUT2D eigenvalue weighted by atomic mass is 16.5. The number of hydrogen-bond acceptors (Lipinski definition) is 5. The second kappa shape index (κ2) is 4.16. The van der Waals surface area contributed by atoms with Crippen molar-refractivity contribution >= 4 is 0 Å². The molecule has 0 radical (unpaired) electrons. The van der Waals surface area contributed by atoms with Gasteiger partial charge in [0.1, 0.15) is 0 Å². The summed E-state index contributed by atoms with van der Waals surface area (Å²) in [5.74, 6) is 3.48. The van der Waals surface area contributed by atoms with Gasteiger partial charge in [0.05, 0.1) is 6.04 Å². The van der Waals surface area contributed by atoms with Crippen LogP contribution in [-0.4, -0.2) is 26.2 Å². The lowest BCUT2D eigenvalue weighted by atomic mass is 9.94. The van der Waals surface area contributed by atoms with Crippen LogP contribution in [0.2, 0.25) is 0 Å². The molecule has 1 saturated carbocycles. The molecule has 0 bridgehead atoms. The van der Waals surface area contributed by atoms with Crippen LogP contribution < -0.4 is 5.32 Å². The van der Waals surface area contributed by atoms with E-state index < -0.39 is 0 Å². The normalized spacial score (nSPS) is 29.8. The SMILES string of the molecule is Cn1ccnc1-c1noc(C2NCC3CCCC32)n1. The number of aromatic nitrogens is 4. The Morgan fingerprint density at radius 1 is 1.42 bits per heavy atom. The number of aryl methyl sites for hydroxylation is 1. The van der Waals surface area contributed by atoms with Gasteiger partial charge in [-0.25, -0.2) is 4.98 Å². The number of nitrogens with zero attached hydrogens (tertiary/aromatic N) is 4. The minimum absolute atomic E-state index is 0.231. The van der Waals surface area contributed by atoms with Gasteiger partial charge in [0.15, 0.2) is 5.82 Å². The molecule has 6 nitrogen and oxygen atoms in total. The highest BCUT2D eigenvalue weighted by Gasteiger charge is 2.42. The van der Waals surface area contributed by atoms with Gasteiger partial charge in [0, 0.05) is 19.4 Å². The lowest BCUT2D eigenvalue weighted by Crippen LogP contribution is -2.18. The highest BCUT2D eigenvalue weighted by Crippen LogP contribution is 2.43. The second-order valence-electron chi connectivity index (χ2n) is 5.56. The number of hydrogen-bond donors (Lipinski definition) is 1. The lowest BCUT2D eigenvalue weighted by molar-refractivity contribution is 0.302. The maximum atomic E-state index is 5.46. The van der Waals surface area contributed by atoms with Gasteiger partial charge in [-0.3, -0.25) is 0 Å². The highest BCUT2D eigenvalue weighted by molar-refractivity contribution is 5.42. The Hall–Kier alpha value is -1.69. The summed E-state index contributed by atoms with van der Waals surface area (Å²) in [7, 11) is 1.93. The van der Waals surface area contributed by atoms with E-state index >= 15 is 0 Å². The standard InChI is InChI=1S/C13H17N5O/c1-18-6-5-14-12(18)11-16-13(19-17-11)10-9-4-2-3-8(9)7-15-10/h5-6,8-10,15H,2-4,7H2,1H3. The molecule has 6 heteroatoms. The zero-order valence-electron chi connectivity index (χ0n) is 10.9. The molecule has 0 aromatic carbocycles. The van der Waals surface area contributed by atoms with Gasteiger partial charge in [-0.1, -0.05) is 11.6 Å². The first-order chi connectivity index (χ1) is 9.33. The first-order valence-electron chi connectivity index (χ1n) is 6.87. The Balaban J connectivity index is 1.63. The van der Waals surface area contributed by atoms with Crippen LogP contribution in [0.25, 0.3) is 11.6 Å². The van der Waals surface area contributed by atoms with Crippen LogP contribution in [0.4, 0.5) is 0 Å². The van der Waals surface area contributed by atoms with Crippen molar-refractivity contribution in [2.24, 2.45) is 18.9 Å². The molecule has 19 heavy (non-hydrogen) atoms. The van der Waals surface area contributed by atoms with Crippen molar-refractivity contribution in [3.05, 3.63) is 18.3 Å². The van der Waals surface area contributed by atoms with E-state index in [9.17, 15) is 0 Å². The average molecular weight is 259 g/mol. The van der Waals surface area contributed by atoms with Crippen LogP contribution in [-0.2, 0) is 7.05 Å². The number of fused-ring (bicyclic) bond motifs is 1. The molecule has 3 atom stereocenters. The van der Waals surface area contributed by atoms with Crippen molar-refractivity contribution in [3.8, 4) is 11.6 Å². The molecule has 4 rings (SSSR count). The van der Waals surface area contributed by atoms with Crippen molar-refractivity contribution in [3.63, 3.8) is 0 Å². The molecular formula is C13H17N5O. The maximum absolute atomic E-state index is 5.46. The van der Waals surface area contributed by atoms with Crippen LogP contribution >= 0.6 is 0 Å². The monoisotopic (exact) mass is 259 g/mol.